The van der Waals surface area contributed by atoms with Crippen LogP contribution >= 0.6 is 0 Å². The Morgan fingerprint density at radius 1 is 0.361 bits per heavy atom. The van der Waals surface area contributed by atoms with E-state index in [0.29, 0.717) is 30.0 Å². The molecular weight excluding hydrogens is 1000 g/mol. The molecule has 366 valence electrons. The van der Waals surface area contributed by atoms with Gasteiger partial charge in [0, 0.05) is 23.2 Å². The van der Waals surface area contributed by atoms with Crippen molar-refractivity contribution < 1.29 is 9.90 Å². The Morgan fingerprint density at radius 2 is 0.663 bits per heavy atom. The van der Waals surface area contributed by atoms with Crippen LogP contribution in [-0.4, -0.2) is 17.0 Å². The minimum Gasteiger partial charge on any atom is -0.393 e. The molecule has 2 spiro atoms. The van der Waals surface area contributed by atoms with Gasteiger partial charge in [-0.2, -0.15) is 0 Å². The van der Waals surface area contributed by atoms with E-state index in [0.717, 1.165) is 38.5 Å². The van der Waals surface area contributed by atoms with Gasteiger partial charge in [0.15, 0.2) is 0 Å². The van der Waals surface area contributed by atoms with E-state index in [-0.39, 0.29) is 34.2 Å². The third-order valence-corrected chi connectivity index (χ3v) is 33.0. The summed E-state index contributed by atoms with van der Waals surface area (Å²) in [6.07, 6.45) is 10.7. The smallest absolute Gasteiger partial charge is 0.138 e. The number of Topliss-reactive ketones (excluding diaryl/α,β-unsaturated/α-hetero) is 1. The number of rotatable bonds is 0. The lowest BCUT2D eigenvalue weighted by molar-refractivity contribution is -0.138. The second-order valence-corrected chi connectivity index (χ2v) is 33.1. The maximum absolute atomic E-state index is 17.5. The van der Waals surface area contributed by atoms with Crippen LogP contribution in [0.5, 0.6) is 0 Å². The van der Waals surface area contributed by atoms with Crippen molar-refractivity contribution in [1.29, 1.82) is 0 Å². The first-order valence-electron chi connectivity index (χ1n) is 32.6. The average molecular weight is 1040 g/mol. The SMILES string of the molecule is C[C@]12CC[C@H](O)CC1=CC[C@@H]1[C@@H]2CC[C@]2(C)C3C(=O)CC45c6c7c8c9c%10c%11c(c%12c%13c4c4c6c6c%14c7c7c8c8c%10c%10c%15c%11c%11c%12c%12c%13c%13c4c4c6c6c%14c%14c7c7c8c%10c8c%10c%15c%11c%11c%12c%12c%13c4c4c6c6c%14c7c8c7c%10c%11c%12c4c67)C95C3C[C@@H]12. The van der Waals surface area contributed by atoms with E-state index in [9.17, 15) is 5.11 Å². The first-order chi connectivity index (χ1) is 40.9. The van der Waals surface area contributed by atoms with Gasteiger partial charge in [0.2, 0.25) is 0 Å². The molecule has 8 atom stereocenters. The Kier molecular flexibility index (Phi) is 3.21. The Morgan fingerprint density at radius 3 is 0.988 bits per heavy atom. The second-order valence-electron chi connectivity index (χ2n) is 33.1. The van der Waals surface area contributed by atoms with E-state index in [1.165, 1.54) is 6.42 Å². The highest BCUT2D eigenvalue weighted by Gasteiger charge is 2.79. The van der Waals surface area contributed by atoms with Gasteiger partial charge in [-0.1, -0.05) is 25.5 Å². The number of hydrogen-bond donors (Lipinski definition) is 1. The van der Waals surface area contributed by atoms with Crippen molar-refractivity contribution >= 4 is 297 Å². The topological polar surface area (TPSA) is 37.3 Å². The standard InChI is InChI=1S/C81H30O2/c1-78-7-5-13(82)9-12(78)3-4-14-15(78)6-8-79(2)16(14)10-17-73(79)18(83)11-80-74-65-57-47-37-29-21-19-20-23-27-25(21)33-41-35(27)45-39-31(23)32-24(20)28-26-22(19)30(29)38-44-34(26)42-36(28)46-40(32)50-49(39)61-55(45)63-53(41)59(51(57)43(33)37)67(74)69(63)76-71(61)72-62(50)56(46)64-54(42)60-52(44)58(48(38)47)66(65)75(80)68(60)70(64)77(72)81(17,76)80/h3,13-17,73,82H,4-11H2,1-2H3/t13-,14+,15-,16-,17?,73?,78-,79-,80?,81?/m0/s1. The van der Waals surface area contributed by atoms with Crippen LogP contribution in [0.15, 0.2) is 11.6 Å². The van der Waals surface area contributed by atoms with Crippen LogP contribution in [0.3, 0.4) is 0 Å². The van der Waals surface area contributed by atoms with E-state index in [1.807, 2.05) is 0 Å². The Bertz CT molecular complexity index is 7740. The summed E-state index contributed by atoms with van der Waals surface area (Å²) in [5, 5.41) is 100. The maximum Gasteiger partial charge on any atom is 0.138 e. The predicted octanol–water partition coefficient (Wildman–Crippen LogP) is 20.4. The Labute approximate surface area is 460 Å². The van der Waals surface area contributed by atoms with Crippen LogP contribution in [0, 0.1) is 40.4 Å². The van der Waals surface area contributed by atoms with Crippen molar-refractivity contribution in [3.05, 3.63) is 33.9 Å². The highest BCUT2D eigenvalue weighted by atomic mass is 16.3. The number of carbonyl (C=O) groups is 1. The second kappa shape index (κ2) is 7.89. The van der Waals surface area contributed by atoms with Crippen molar-refractivity contribution in [3.63, 3.8) is 0 Å². The highest BCUT2D eigenvalue weighted by molar-refractivity contribution is 6.82. The van der Waals surface area contributed by atoms with Crippen LogP contribution in [0.1, 0.15) is 87.5 Å². The summed E-state index contributed by atoms with van der Waals surface area (Å²) >= 11 is 0. The molecule has 4 saturated carbocycles. The zero-order valence-electron chi connectivity index (χ0n) is 44.6. The molecule has 9 aliphatic rings. The number of fused-ring (bicyclic) bond motifs is 7. The largest absolute Gasteiger partial charge is 0.393 e. The van der Waals surface area contributed by atoms with Gasteiger partial charge in [-0.3, -0.25) is 4.79 Å². The van der Waals surface area contributed by atoms with E-state index >= 15 is 4.79 Å². The fourth-order valence-electron chi connectivity index (χ4n) is 32.5. The first kappa shape index (κ1) is 33.8. The van der Waals surface area contributed by atoms with Gasteiger partial charge in [0.1, 0.15) is 5.78 Å². The minimum absolute atomic E-state index is 0.0228. The molecule has 0 aromatic heterocycles. The molecule has 28 aromatic rings. The zero-order valence-corrected chi connectivity index (χ0v) is 44.6. The lowest BCUT2D eigenvalue weighted by atomic mass is 9.38. The molecule has 0 heterocycles. The molecule has 2 unspecified atom stereocenters. The lowest BCUT2D eigenvalue weighted by Crippen LogP contribution is -2.63. The van der Waals surface area contributed by atoms with Crippen molar-refractivity contribution in [2.75, 3.05) is 0 Å². The van der Waals surface area contributed by atoms with Gasteiger partial charge in [0.05, 0.1) is 6.10 Å². The molecule has 4 fully saturated rings. The predicted molar refractivity (Wildman–Crippen MR) is 344 cm³/mol. The van der Waals surface area contributed by atoms with Crippen LogP contribution < -0.4 is 0 Å². The highest BCUT2D eigenvalue weighted by Crippen LogP contribution is 2.89. The normalized spacial score (nSPS) is 33.1. The van der Waals surface area contributed by atoms with Crippen molar-refractivity contribution in [1.82, 2.24) is 0 Å². The van der Waals surface area contributed by atoms with Gasteiger partial charge in [-0.15, -0.1) is 0 Å². The average Bonchev–Trinajstić information content (AvgIpc) is 1.39. The number of ketones is 1. The fourth-order valence-corrected chi connectivity index (χ4v) is 32.5. The number of benzene rings is 18. The molecule has 28 aromatic carbocycles. The maximum atomic E-state index is 17.5. The van der Waals surface area contributed by atoms with Gasteiger partial charge in [0.25, 0.3) is 0 Å². The van der Waals surface area contributed by atoms with Crippen molar-refractivity contribution in [3.8, 4) is 0 Å². The zero-order chi connectivity index (χ0) is 50.5. The molecular formula is C81H30O2. The molecule has 9 aliphatic carbocycles. The molecule has 0 bridgehead atoms. The van der Waals surface area contributed by atoms with Crippen LogP contribution in [0.25, 0.3) is 291 Å². The molecule has 83 heavy (non-hydrogen) atoms. The minimum atomic E-state index is -0.495. The number of hydrogen-bond acceptors (Lipinski definition) is 2. The number of aliphatic hydroxyl groups excluding tert-OH is 1. The summed E-state index contributed by atoms with van der Waals surface area (Å²) in [5.41, 5.74) is 7.67. The summed E-state index contributed by atoms with van der Waals surface area (Å²) in [6.45, 7) is 5.36. The molecule has 1 N–H and O–H groups in total. The van der Waals surface area contributed by atoms with E-state index in [2.05, 4.69) is 19.9 Å². The molecule has 0 aliphatic heterocycles. The summed E-state index contributed by atoms with van der Waals surface area (Å²) < 4.78 is 0. The van der Waals surface area contributed by atoms with Crippen molar-refractivity contribution in [2.24, 2.45) is 40.4 Å². The van der Waals surface area contributed by atoms with Crippen LogP contribution in [-0.2, 0) is 15.6 Å². The van der Waals surface area contributed by atoms with Gasteiger partial charge in [-0.25, -0.2) is 0 Å². The number of carbonyl (C=O) groups excluding carboxylic acids is 1. The van der Waals surface area contributed by atoms with Crippen LogP contribution in [0.4, 0.5) is 0 Å². The molecule has 2 heteroatoms. The quantitative estimate of drug-likeness (QED) is 0.121. The molecule has 0 amide bonds. The fraction of sp³-hybridized carbons (Fsp3) is 0.247. The van der Waals surface area contributed by atoms with Gasteiger partial charge >= 0.3 is 0 Å². The lowest BCUT2D eigenvalue weighted by Gasteiger charge is -2.62. The Balaban J connectivity index is 0.933. The molecule has 37 rings (SSSR count). The summed E-state index contributed by atoms with van der Waals surface area (Å²) in [7, 11) is 0. The molecule has 2 nitrogen and oxygen atoms in total. The third kappa shape index (κ3) is 1.96. The molecule has 0 saturated heterocycles. The number of aliphatic hydroxyl groups is 1. The Hall–Kier alpha value is -8.17. The summed E-state index contributed by atoms with van der Waals surface area (Å²) in [6, 6.07) is 0. The first-order valence-corrected chi connectivity index (χ1v) is 32.6. The van der Waals surface area contributed by atoms with Crippen LogP contribution in [0.2, 0.25) is 0 Å². The third-order valence-electron chi connectivity index (χ3n) is 33.0. The molecule has 0 radical (unpaired) electrons. The van der Waals surface area contributed by atoms with E-state index < -0.39 is 5.41 Å². The summed E-state index contributed by atoms with van der Waals surface area (Å²) in [4.78, 5) is 17.5. The van der Waals surface area contributed by atoms with Gasteiger partial charge in [-0.05, 0) is 393 Å². The van der Waals surface area contributed by atoms with Crippen molar-refractivity contribution in [2.45, 2.75) is 82.1 Å². The van der Waals surface area contributed by atoms with Gasteiger partial charge < -0.3 is 5.11 Å². The number of allylic oxidation sites excluding steroid dienone is 1. The van der Waals surface area contributed by atoms with E-state index in [1.54, 1.807) is 319 Å². The monoisotopic (exact) mass is 1030 g/mol. The summed E-state index contributed by atoms with van der Waals surface area (Å²) in [5.74, 6) is 2.54. The van der Waals surface area contributed by atoms with E-state index in [4.69, 9.17) is 0 Å².